The van der Waals surface area contributed by atoms with Crippen LogP contribution in [-0.2, 0) is 0 Å². The Bertz CT molecular complexity index is 233. The van der Waals surface area contributed by atoms with Gasteiger partial charge in [-0.3, -0.25) is 0 Å². The van der Waals surface area contributed by atoms with Gasteiger partial charge in [-0.15, -0.1) is 0 Å². The normalized spacial score (nSPS) is 47.5. The standard InChI is InChI=1S/C13H22O/c1-10-7-8-11-5-3-4-6-12(11)13(10,2)9-14/h7-8,10-12,14H,3-6,9H2,1-2H3. The third-order valence-corrected chi connectivity index (χ3v) is 4.69. The van der Waals surface area contributed by atoms with Gasteiger partial charge in [-0.2, -0.15) is 0 Å². The molecular formula is C13H22O. The van der Waals surface area contributed by atoms with E-state index in [0.29, 0.717) is 12.5 Å². The highest BCUT2D eigenvalue weighted by Gasteiger charge is 2.44. The first kappa shape index (κ1) is 10.2. The van der Waals surface area contributed by atoms with Crippen LogP contribution >= 0.6 is 0 Å². The van der Waals surface area contributed by atoms with E-state index < -0.39 is 0 Å². The average Bonchev–Trinajstić information content (AvgIpc) is 2.24. The van der Waals surface area contributed by atoms with Gasteiger partial charge in [-0.1, -0.05) is 38.8 Å². The molecule has 1 nitrogen and oxygen atoms in total. The van der Waals surface area contributed by atoms with Crippen molar-refractivity contribution >= 4 is 0 Å². The van der Waals surface area contributed by atoms with Gasteiger partial charge >= 0.3 is 0 Å². The van der Waals surface area contributed by atoms with E-state index >= 15 is 0 Å². The molecule has 0 radical (unpaired) electrons. The van der Waals surface area contributed by atoms with Crippen LogP contribution < -0.4 is 0 Å². The summed E-state index contributed by atoms with van der Waals surface area (Å²) in [6.07, 6.45) is 10.1. The highest BCUT2D eigenvalue weighted by Crippen LogP contribution is 2.50. The molecule has 4 atom stereocenters. The molecule has 80 valence electrons. The lowest BCUT2D eigenvalue weighted by Crippen LogP contribution is -2.44. The number of aliphatic hydroxyl groups is 1. The van der Waals surface area contributed by atoms with E-state index in [9.17, 15) is 5.11 Å². The van der Waals surface area contributed by atoms with Crippen LogP contribution in [0.15, 0.2) is 12.2 Å². The summed E-state index contributed by atoms with van der Waals surface area (Å²) in [6, 6.07) is 0. The summed E-state index contributed by atoms with van der Waals surface area (Å²) >= 11 is 0. The van der Waals surface area contributed by atoms with Crippen molar-refractivity contribution in [1.82, 2.24) is 0 Å². The quantitative estimate of drug-likeness (QED) is 0.636. The molecule has 0 bridgehead atoms. The van der Waals surface area contributed by atoms with Crippen molar-refractivity contribution in [3.05, 3.63) is 12.2 Å². The van der Waals surface area contributed by atoms with Gasteiger partial charge in [0.25, 0.3) is 0 Å². The first-order valence-corrected chi connectivity index (χ1v) is 5.97. The summed E-state index contributed by atoms with van der Waals surface area (Å²) in [4.78, 5) is 0. The minimum absolute atomic E-state index is 0.139. The van der Waals surface area contributed by atoms with Gasteiger partial charge in [0.2, 0.25) is 0 Å². The third-order valence-electron chi connectivity index (χ3n) is 4.69. The number of fused-ring (bicyclic) bond motifs is 1. The smallest absolute Gasteiger partial charge is 0.0493 e. The van der Waals surface area contributed by atoms with Crippen molar-refractivity contribution in [2.45, 2.75) is 39.5 Å². The summed E-state index contributed by atoms with van der Waals surface area (Å²) in [7, 11) is 0. The molecule has 0 amide bonds. The third kappa shape index (κ3) is 1.42. The van der Waals surface area contributed by atoms with E-state index in [4.69, 9.17) is 0 Å². The van der Waals surface area contributed by atoms with Crippen LogP contribution in [0.4, 0.5) is 0 Å². The van der Waals surface area contributed by atoms with Crippen LogP contribution in [0, 0.1) is 23.2 Å². The summed E-state index contributed by atoms with van der Waals surface area (Å²) in [5.74, 6) is 2.00. The van der Waals surface area contributed by atoms with E-state index in [-0.39, 0.29) is 5.41 Å². The van der Waals surface area contributed by atoms with Crippen LogP contribution in [0.1, 0.15) is 39.5 Å². The second kappa shape index (κ2) is 3.69. The molecule has 1 heteroatoms. The van der Waals surface area contributed by atoms with Gasteiger partial charge in [0.15, 0.2) is 0 Å². The molecule has 0 aromatic carbocycles. The molecule has 0 aliphatic heterocycles. The van der Waals surface area contributed by atoms with Gasteiger partial charge < -0.3 is 5.11 Å². The molecule has 1 saturated carbocycles. The van der Waals surface area contributed by atoms with E-state index in [1.54, 1.807) is 0 Å². The molecule has 2 aliphatic rings. The summed E-state index contributed by atoms with van der Waals surface area (Å²) in [5, 5.41) is 9.63. The molecule has 1 N–H and O–H groups in total. The second-order valence-corrected chi connectivity index (χ2v) is 5.39. The van der Waals surface area contributed by atoms with Crippen LogP contribution in [0.2, 0.25) is 0 Å². The Morgan fingerprint density at radius 3 is 2.71 bits per heavy atom. The first-order chi connectivity index (χ1) is 6.68. The monoisotopic (exact) mass is 194 g/mol. The van der Waals surface area contributed by atoms with Crippen LogP contribution in [0.25, 0.3) is 0 Å². The fraction of sp³-hybridized carbons (Fsp3) is 0.846. The first-order valence-electron chi connectivity index (χ1n) is 5.97. The Hall–Kier alpha value is -0.300. The molecule has 14 heavy (non-hydrogen) atoms. The van der Waals surface area contributed by atoms with Gasteiger partial charge in [0, 0.05) is 12.0 Å². The summed E-state index contributed by atoms with van der Waals surface area (Å²) < 4.78 is 0. The highest BCUT2D eigenvalue weighted by molar-refractivity contribution is 5.09. The molecule has 2 rings (SSSR count). The van der Waals surface area contributed by atoms with Gasteiger partial charge in [0.1, 0.15) is 0 Å². The minimum atomic E-state index is 0.139. The number of hydrogen-bond acceptors (Lipinski definition) is 1. The van der Waals surface area contributed by atoms with Crippen molar-refractivity contribution in [3.63, 3.8) is 0 Å². The average molecular weight is 194 g/mol. The maximum Gasteiger partial charge on any atom is 0.0493 e. The molecule has 2 aliphatic carbocycles. The number of aliphatic hydroxyl groups excluding tert-OH is 1. The minimum Gasteiger partial charge on any atom is -0.396 e. The van der Waals surface area contributed by atoms with E-state index in [1.165, 1.54) is 25.7 Å². The lowest BCUT2D eigenvalue weighted by molar-refractivity contribution is -0.00313. The Morgan fingerprint density at radius 2 is 2.00 bits per heavy atom. The Kier molecular flexibility index (Phi) is 2.70. The summed E-state index contributed by atoms with van der Waals surface area (Å²) in [6.45, 7) is 4.86. The zero-order chi connectivity index (χ0) is 10.2. The highest BCUT2D eigenvalue weighted by atomic mass is 16.3. The van der Waals surface area contributed by atoms with Gasteiger partial charge in [0.05, 0.1) is 0 Å². The molecule has 1 fully saturated rings. The van der Waals surface area contributed by atoms with Crippen molar-refractivity contribution in [3.8, 4) is 0 Å². The Balaban J connectivity index is 2.26. The van der Waals surface area contributed by atoms with Crippen molar-refractivity contribution in [2.24, 2.45) is 23.2 Å². The molecule has 0 heterocycles. The second-order valence-electron chi connectivity index (χ2n) is 5.39. The van der Waals surface area contributed by atoms with Gasteiger partial charge in [-0.05, 0) is 30.6 Å². The molecule has 4 unspecified atom stereocenters. The zero-order valence-corrected chi connectivity index (χ0v) is 9.37. The summed E-state index contributed by atoms with van der Waals surface area (Å²) in [5.41, 5.74) is 0.139. The van der Waals surface area contributed by atoms with Crippen LogP contribution in [-0.4, -0.2) is 11.7 Å². The van der Waals surface area contributed by atoms with Crippen molar-refractivity contribution in [2.75, 3.05) is 6.61 Å². The predicted molar refractivity (Wildman–Crippen MR) is 58.9 cm³/mol. The fourth-order valence-corrected chi connectivity index (χ4v) is 3.34. The lowest BCUT2D eigenvalue weighted by Gasteiger charge is -2.48. The largest absolute Gasteiger partial charge is 0.396 e. The fourth-order valence-electron chi connectivity index (χ4n) is 3.34. The number of rotatable bonds is 1. The van der Waals surface area contributed by atoms with E-state index in [0.717, 1.165) is 11.8 Å². The topological polar surface area (TPSA) is 20.2 Å². The molecule has 0 spiro atoms. The van der Waals surface area contributed by atoms with Crippen LogP contribution in [0.3, 0.4) is 0 Å². The number of hydrogen-bond donors (Lipinski definition) is 1. The van der Waals surface area contributed by atoms with E-state index in [2.05, 4.69) is 26.0 Å². The van der Waals surface area contributed by atoms with E-state index in [1.807, 2.05) is 0 Å². The molecule has 0 aromatic rings. The number of allylic oxidation sites excluding steroid dienone is 2. The molecular weight excluding hydrogens is 172 g/mol. The van der Waals surface area contributed by atoms with Crippen molar-refractivity contribution in [1.29, 1.82) is 0 Å². The molecule has 0 aromatic heterocycles. The predicted octanol–water partition coefficient (Wildman–Crippen LogP) is 3.00. The van der Waals surface area contributed by atoms with Gasteiger partial charge in [-0.25, -0.2) is 0 Å². The molecule has 0 saturated heterocycles. The lowest BCUT2D eigenvalue weighted by atomic mass is 9.57. The van der Waals surface area contributed by atoms with Crippen LogP contribution in [0.5, 0.6) is 0 Å². The zero-order valence-electron chi connectivity index (χ0n) is 9.37. The Morgan fingerprint density at radius 1 is 1.29 bits per heavy atom. The van der Waals surface area contributed by atoms with Crippen molar-refractivity contribution < 1.29 is 5.11 Å². The Labute approximate surface area is 87.2 Å². The maximum absolute atomic E-state index is 9.63. The maximum atomic E-state index is 9.63. The SMILES string of the molecule is CC1C=CC2CCCCC2C1(C)CO.